The van der Waals surface area contributed by atoms with E-state index in [4.69, 9.17) is 0 Å². The van der Waals surface area contributed by atoms with E-state index in [1.807, 2.05) is 30.3 Å². The first-order valence-electron chi connectivity index (χ1n) is 9.12. The highest BCUT2D eigenvalue weighted by Crippen LogP contribution is 2.26. The summed E-state index contributed by atoms with van der Waals surface area (Å²) in [7, 11) is 0. The Labute approximate surface area is 166 Å². The fraction of sp³-hybridized carbons (Fsp3) is 0.0870. The Hall–Kier alpha value is -3.80. The molecular formula is C23H17FN2O3. The molecule has 0 fully saturated rings. The summed E-state index contributed by atoms with van der Waals surface area (Å²) >= 11 is 0. The van der Waals surface area contributed by atoms with Crippen LogP contribution in [0.3, 0.4) is 0 Å². The number of anilines is 1. The number of fused-ring (bicyclic) bond motifs is 1. The van der Waals surface area contributed by atoms with Gasteiger partial charge < -0.3 is 5.32 Å². The molecule has 1 atom stereocenters. The number of nitrogens with one attached hydrogen (secondary N) is 1. The molecule has 0 aromatic heterocycles. The number of halogens is 1. The van der Waals surface area contributed by atoms with Gasteiger partial charge in [0.25, 0.3) is 11.8 Å². The maximum atomic E-state index is 13.5. The van der Waals surface area contributed by atoms with Crippen LogP contribution in [0, 0.1) is 5.82 Å². The SMILES string of the molecule is O=C(Nc1cccc(F)c1)[C@H](Cc1ccccc1)N1C(=O)c2ccccc2C1=O. The third-order valence-corrected chi connectivity index (χ3v) is 4.80. The van der Waals surface area contributed by atoms with E-state index in [9.17, 15) is 18.8 Å². The minimum absolute atomic E-state index is 0.146. The molecule has 0 bridgehead atoms. The van der Waals surface area contributed by atoms with E-state index in [2.05, 4.69) is 5.32 Å². The van der Waals surface area contributed by atoms with E-state index in [1.165, 1.54) is 18.2 Å². The second-order valence-corrected chi connectivity index (χ2v) is 6.73. The molecule has 1 heterocycles. The fourth-order valence-corrected chi connectivity index (χ4v) is 3.42. The number of imide groups is 1. The largest absolute Gasteiger partial charge is 0.324 e. The van der Waals surface area contributed by atoms with Gasteiger partial charge in [-0.15, -0.1) is 0 Å². The van der Waals surface area contributed by atoms with Crippen molar-refractivity contribution in [2.45, 2.75) is 12.5 Å². The number of rotatable bonds is 5. The van der Waals surface area contributed by atoms with Crippen LogP contribution < -0.4 is 5.32 Å². The lowest BCUT2D eigenvalue weighted by atomic mass is 10.0. The Balaban J connectivity index is 1.68. The molecule has 3 amide bonds. The Morgan fingerprint density at radius 3 is 2.10 bits per heavy atom. The van der Waals surface area contributed by atoms with Crippen molar-refractivity contribution in [3.8, 4) is 0 Å². The molecule has 29 heavy (non-hydrogen) atoms. The molecule has 0 radical (unpaired) electrons. The first kappa shape index (κ1) is 18.6. The maximum Gasteiger partial charge on any atom is 0.262 e. The van der Waals surface area contributed by atoms with Crippen molar-refractivity contribution in [3.05, 3.63) is 101 Å². The lowest BCUT2D eigenvalue weighted by Crippen LogP contribution is -2.48. The Kier molecular flexibility index (Phi) is 4.91. The molecule has 1 aliphatic rings. The lowest BCUT2D eigenvalue weighted by Gasteiger charge is -2.25. The molecule has 0 saturated carbocycles. The number of hydrogen-bond acceptors (Lipinski definition) is 3. The summed E-state index contributed by atoms with van der Waals surface area (Å²) in [6, 6.07) is 20.0. The topological polar surface area (TPSA) is 66.5 Å². The molecule has 1 aliphatic heterocycles. The number of carbonyl (C=O) groups excluding carboxylic acids is 3. The summed E-state index contributed by atoms with van der Waals surface area (Å²) in [6.07, 6.45) is 0.146. The molecule has 0 saturated heterocycles. The predicted molar refractivity (Wildman–Crippen MR) is 106 cm³/mol. The number of amides is 3. The Morgan fingerprint density at radius 2 is 1.48 bits per heavy atom. The highest BCUT2D eigenvalue weighted by molar-refractivity contribution is 6.23. The Morgan fingerprint density at radius 1 is 0.862 bits per heavy atom. The first-order valence-corrected chi connectivity index (χ1v) is 9.12. The molecule has 0 aliphatic carbocycles. The third kappa shape index (κ3) is 3.65. The molecular weight excluding hydrogens is 371 g/mol. The van der Waals surface area contributed by atoms with Crippen molar-refractivity contribution in [1.82, 2.24) is 4.90 Å². The van der Waals surface area contributed by atoms with Crippen molar-refractivity contribution in [2.24, 2.45) is 0 Å². The van der Waals surface area contributed by atoms with Crippen LogP contribution in [-0.2, 0) is 11.2 Å². The summed E-state index contributed by atoms with van der Waals surface area (Å²) in [6.45, 7) is 0. The van der Waals surface area contributed by atoms with Crippen LogP contribution in [-0.4, -0.2) is 28.7 Å². The summed E-state index contributed by atoms with van der Waals surface area (Å²) in [4.78, 5) is 39.9. The standard InChI is InChI=1S/C23H17FN2O3/c24-16-9-6-10-17(14-16)25-21(27)20(13-15-7-2-1-3-8-15)26-22(28)18-11-4-5-12-19(18)23(26)29/h1-12,14,20H,13H2,(H,25,27)/t20-/m0/s1. The highest BCUT2D eigenvalue weighted by atomic mass is 19.1. The minimum atomic E-state index is -1.08. The Bertz CT molecular complexity index is 1060. The van der Waals surface area contributed by atoms with Gasteiger partial charge in [-0.25, -0.2) is 4.39 Å². The van der Waals surface area contributed by atoms with Crippen LogP contribution in [0.15, 0.2) is 78.9 Å². The van der Waals surface area contributed by atoms with Crippen LogP contribution in [0.4, 0.5) is 10.1 Å². The predicted octanol–water partition coefficient (Wildman–Crippen LogP) is 3.67. The van der Waals surface area contributed by atoms with Crippen LogP contribution in [0.2, 0.25) is 0 Å². The minimum Gasteiger partial charge on any atom is -0.324 e. The van der Waals surface area contributed by atoms with Gasteiger partial charge in [-0.05, 0) is 35.9 Å². The zero-order chi connectivity index (χ0) is 20.4. The maximum absolute atomic E-state index is 13.5. The molecule has 6 heteroatoms. The van der Waals surface area contributed by atoms with Gasteiger partial charge in [0.05, 0.1) is 11.1 Å². The molecule has 3 aromatic rings. The average molecular weight is 388 g/mol. The second-order valence-electron chi connectivity index (χ2n) is 6.73. The van der Waals surface area contributed by atoms with E-state index < -0.39 is 29.6 Å². The normalized spacial score (nSPS) is 13.9. The first-order chi connectivity index (χ1) is 14.0. The fourth-order valence-electron chi connectivity index (χ4n) is 3.42. The van der Waals surface area contributed by atoms with Crippen molar-refractivity contribution in [3.63, 3.8) is 0 Å². The number of benzene rings is 3. The molecule has 3 aromatic carbocycles. The molecule has 5 nitrogen and oxygen atoms in total. The zero-order valence-corrected chi connectivity index (χ0v) is 15.3. The monoisotopic (exact) mass is 388 g/mol. The highest BCUT2D eigenvalue weighted by Gasteiger charge is 2.42. The van der Waals surface area contributed by atoms with E-state index in [0.717, 1.165) is 10.5 Å². The van der Waals surface area contributed by atoms with Gasteiger partial charge in [0.2, 0.25) is 5.91 Å². The lowest BCUT2D eigenvalue weighted by molar-refractivity contribution is -0.119. The number of carbonyl (C=O) groups is 3. The molecule has 144 valence electrons. The summed E-state index contributed by atoms with van der Waals surface area (Å²) in [5.74, 6) is -2.08. The van der Waals surface area contributed by atoms with Gasteiger partial charge in [-0.2, -0.15) is 0 Å². The van der Waals surface area contributed by atoms with Crippen LogP contribution >= 0.6 is 0 Å². The summed E-state index contributed by atoms with van der Waals surface area (Å²) < 4.78 is 13.5. The molecule has 4 rings (SSSR count). The zero-order valence-electron chi connectivity index (χ0n) is 15.3. The molecule has 0 unspecified atom stereocenters. The van der Waals surface area contributed by atoms with E-state index in [0.29, 0.717) is 0 Å². The smallest absolute Gasteiger partial charge is 0.262 e. The van der Waals surface area contributed by atoms with E-state index >= 15 is 0 Å². The van der Waals surface area contributed by atoms with Gasteiger partial charge in [-0.3, -0.25) is 19.3 Å². The molecule has 0 spiro atoms. The van der Waals surface area contributed by atoms with Crippen molar-refractivity contribution >= 4 is 23.4 Å². The van der Waals surface area contributed by atoms with Gasteiger partial charge in [0, 0.05) is 12.1 Å². The van der Waals surface area contributed by atoms with Crippen molar-refractivity contribution in [1.29, 1.82) is 0 Å². The molecule has 1 N–H and O–H groups in total. The number of nitrogens with zero attached hydrogens (tertiary/aromatic N) is 1. The number of hydrogen-bond donors (Lipinski definition) is 1. The van der Waals surface area contributed by atoms with Gasteiger partial charge in [-0.1, -0.05) is 48.5 Å². The van der Waals surface area contributed by atoms with E-state index in [1.54, 1.807) is 30.3 Å². The summed E-state index contributed by atoms with van der Waals surface area (Å²) in [5, 5.41) is 2.62. The summed E-state index contributed by atoms with van der Waals surface area (Å²) in [5.41, 5.74) is 1.59. The van der Waals surface area contributed by atoms with Crippen LogP contribution in [0.5, 0.6) is 0 Å². The van der Waals surface area contributed by atoms with Gasteiger partial charge in [0.1, 0.15) is 11.9 Å². The van der Waals surface area contributed by atoms with Crippen molar-refractivity contribution in [2.75, 3.05) is 5.32 Å². The average Bonchev–Trinajstić information content (AvgIpc) is 2.98. The van der Waals surface area contributed by atoms with Gasteiger partial charge >= 0.3 is 0 Å². The van der Waals surface area contributed by atoms with Crippen LogP contribution in [0.25, 0.3) is 0 Å². The quantitative estimate of drug-likeness (QED) is 0.678. The second kappa shape index (κ2) is 7.67. The van der Waals surface area contributed by atoms with Crippen molar-refractivity contribution < 1.29 is 18.8 Å². The third-order valence-electron chi connectivity index (χ3n) is 4.80. The van der Waals surface area contributed by atoms with Crippen LogP contribution in [0.1, 0.15) is 26.3 Å². The van der Waals surface area contributed by atoms with Gasteiger partial charge in [0.15, 0.2) is 0 Å². The van der Waals surface area contributed by atoms with E-state index in [-0.39, 0.29) is 23.2 Å².